The van der Waals surface area contributed by atoms with E-state index in [-0.39, 0.29) is 5.41 Å². The molecule has 4 heteroatoms. The van der Waals surface area contributed by atoms with Gasteiger partial charge in [-0.1, -0.05) is 111 Å². The van der Waals surface area contributed by atoms with Crippen molar-refractivity contribution in [2.24, 2.45) is 0 Å². The van der Waals surface area contributed by atoms with Gasteiger partial charge in [0.05, 0.1) is 11.0 Å². The van der Waals surface area contributed by atoms with Crippen LogP contribution in [0.5, 0.6) is 0 Å². The van der Waals surface area contributed by atoms with E-state index in [1.807, 2.05) is 48.8 Å². The molecule has 1 aliphatic heterocycles. The Balaban J connectivity index is 1.22. The lowest BCUT2D eigenvalue weighted by Crippen LogP contribution is -2.21. The van der Waals surface area contributed by atoms with Crippen LogP contribution in [0.4, 0.5) is 0 Å². The minimum absolute atomic E-state index is 0.186. The number of rotatable bonds is 3. The molecule has 0 amide bonds. The van der Waals surface area contributed by atoms with Crippen LogP contribution in [-0.4, -0.2) is 9.55 Å². The molecular weight excluding hydrogens is 603 g/mol. The van der Waals surface area contributed by atoms with Gasteiger partial charge in [-0.25, -0.2) is 0 Å². The first-order valence-electron chi connectivity index (χ1n) is 16.5. The van der Waals surface area contributed by atoms with Crippen molar-refractivity contribution in [3.63, 3.8) is 0 Å². The van der Waals surface area contributed by atoms with Gasteiger partial charge in [0.25, 0.3) is 0 Å². The van der Waals surface area contributed by atoms with Gasteiger partial charge in [-0.2, -0.15) is 0 Å². The van der Waals surface area contributed by atoms with Crippen LogP contribution in [0.2, 0.25) is 0 Å². The minimum atomic E-state index is -3.15. The lowest BCUT2D eigenvalue weighted by atomic mass is 9.81. The van der Waals surface area contributed by atoms with E-state index in [9.17, 15) is 0 Å². The van der Waals surface area contributed by atoms with Crippen molar-refractivity contribution in [1.82, 2.24) is 9.55 Å². The van der Waals surface area contributed by atoms with Gasteiger partial charge in [0, 0.05) is 50.2 Å². The number of fused-ring (bicyclic) bond motifs is 10. The molecule has 2 aliphatic rings. The number of benzene rings is 6. The third-order valence-electron chi connectivity index (χ3n) is 10.7. The summed E-state index contributed by atoms with van der Waals surface area (Å²) in [7, 11) is -3.15. The standard InChI is InChI=1S/C44H31N2OP/c1-44(2)37-26-29(28-22-24-45-25-23-28)16-18-32(37)33-19-17-30(27-38(33)44)46-39-14-8-6-13-36(39)42-40(46)21-20-35-34-12-7-9-15-41(34)48(47,43(35)42)31-10-4-3-5-11-31/h3-27H,1-2H3. The summed E-state index contributed by atoms with van der Waals surface area (Å²) < 4.78 is 18.1. The summed E-state index contributed by atoms with van der Waals surface area (Å²) in [5.74, 6) is 0. The Labute approximate surface area is 279 Å². The summed E-state index contributed by atoms with van der Waals surface area (Å²) in [5, 5.41) is 4.97. The van der Waals surface area contributed by atoms with Crippen LogP contribution in [0, 0.1) is 0 Å². The Morgan fingerprint density at radius 3 is 2.10 bits per heavy atom. The molecule has 8 aromatic rings. The highest BCUT2D eigenvalue weighted by molar-refractivity contribution is 7.86. The van der Waals surface area contributed by atoms with E-state index >= 15 is 4.57 Å². The molecule has 48 heavy (non-hydrogen) atoms. The Hall–Kier alpha value is -5.50. The van der Waals surface area contributed by atoms with E-state index in [1.54, 1.807) is 0 Å². The highest BCUT2D eigenvalue weighted by Gasteiger charge is 2.42. The molecular formula is C44H31N2OP. The first-order chi connectivity index (χ1) is 23.5. The first kappa shape index (κ1) is 27.6. The Morgan fingerprint density at radius 1 is 0.583 bits per heavy atom. The van der Waals surface area contributed by atoms with E-state index in [0.29, 0.717) is 0 Å². The normalized spacial score (nSPS) is 16.9. The largest absolute Gasteiger partial charge is 0.309 e. The van der Waals surface area contributed by atoms with E-state index in [0.717, 1.165) is 54.5 Å². The van der Waals surface area contributed by atoms with Crippen LogP contribution in [0.3, 0.4) is 0 Å². The first-order valence-corrected chi connectivity index (χ1v) is 18.2. The number of aromatic nitrogens is 2. The van der Waals surface area contributed by atoms with Gasteiger partial charge in [0.2, 0.25) is 0 Å². The molecule has 10 rings (SSSR count). The van der Waals surface area contributed by atoms with Crippen molar-refractivity contribution >= 4 is 44.9 Å². The zero-order valence-electron chi connectivity index (χ0n) is 26.7. The monoisotopic (exact) mass is 634 g/mol. The number of pyridine rings is 1. The highest BCUT2D eigenvalue weighted by Crippen LogP contribution is 2.55. The molecule has 0 fully saturated rings. The summed E-state index contributed by atoms with van der Waals surface area (Å²) in [6.07, 6.45) is 3.71. The summed E-state index contributed by atoms with van der Waals surface area (Å²) in [6.45, 7) is 4.67. The Morgan fingerprint density at radius 2 is 1.27 bits per heavy atom. The van der Waals surface area contributed by atoms with Gasteiger partial charge < -0.3 is 9.13 Å². The van der Waals surface area contributed by atoms with Crippen molar-refractivity contribution < 1.29 is 4.57 Å². The topological polar surface area (TPSA) is 34.9 Å². The molecule has 0 spiro atoms. The SMILES string of the molecule is CC1(C)c2cc(-c3ccncc3)ccc2-c2ccc(-n3c4ccccc4c4c5c(ccc43)-c3ccccc3P5(=O)c3ccccc3)cc21. The van der Waals surface area contributed by atoms with E-state index in [2.05, 4.69) is 127 Å². The maximum absolute atomic E-state index is 15.7. The lowest BCUT2D eigenvalue weighted by molar-refractivity contribution is 0.593. The van der Waals surface area contributed by atoms with Crippen molar-refractivity contribution in [2.75, 3.05) is 0 Å². The summed E-state index contributed by atoms with van der Waals surface area (Å²) in [4.78, 5) is 4.22. The van der Waals surface area contributed by atoms with Gasteiger partial charge in [-0.05, 0) is 87.0 Å². The highest BCUT2D eigenvalue weighted by atomic mass is 31.2. The fraction of sp³-hybridized carbons (Fsp3) is 0.0682. The number of nitrogens with zero attached hydrogens (tertiary/aromatic N) is 2. The molecule has 6 aromatic carbocycles. The summed E-state index contributed by atoms with van der Waals surface area (Å²) >= 11 is 0. The molecule has 0 N–H and O–H groups in total. The molecule has 228 valence electrons. The maximum atomic E-state index is 15.7. The van der Waals surface area contributed by atoms with Gasteiger partial charge in [0.1, 0.15) is 0 Å². The van der Waals surface area contributed by atoms with E-state index in [4.69, 9.17) is 0 Å². The van der Waals surface area contributed by atoms with Crippen LogP contribution in [0.25, 0.3) is 60.9 Å². The fourth-order valence-electron chi connectivity index (χ4n) is 8.46. The van der Waals surface area contributed by atoms with Crippen LogP contribution >= 0.6 is 7.14 Å². The van der Waals surface area contributed by atoms with Gasteiger partial charge in [-0.15, -0.1) is 0 Å². The molecule has 0 saturated heterocycles. The van der Waals surface area contributed by atoms with Crippen molar-refractivity contribution in [3.8, 4) is 39.1 Å². The second-order valence-corrected chi connectivity index (χ2v) is 16.2. The maximum Gasteiger partial charge on any atom is 0.172 e. The molecule has 1 atom stereocenters. The lowest BCUT2D eigenvalue weighted by Gasteiger charge is -2.23. The van der Waals surface area contributed by atoms with Crippen molar-refractivity contribution in [3.05, 3.63) is 163 Å². The second kappa shape index (κ2) is 9.76. The zero-order chi connectivity index (χ0) is 32.2. The third-order valence-corrected chi connectivity index (χ3v) is 13.9. The van der Waals surface area contributed by atoms with Crippen LogP contribution < -0.4 is 15.9 Å². The quantitative estimate of drug-likeness (QED) is 0.181. The van der Waals surface area contributed by atoms with E-state index in [1.165, 1.54) is 33.4 Å². The van der Waals surface area contributed by atoms with Crippen LogP contribution in [0.15, 0.2) is 152 Å². The summed E-state index contributed by atoms with van der Waals surface area (Å²) in [5.41, 5.74) is 12.9. The molecule has 0 bridgehead atoms. The van der Waals surface area contributed by atoms with Gasteiger partial charge >= 0.3 is 0 Å². The third kappa shape index (κ3) is 3.55. The van der Waals surface area contributed by atoms with Gasteiger partial charge in [-0.3, -0.25) is 4.98 Å². The predicted octanol–water partition coefficient (Wildman–Crippen LogP) is 9.77. The fourth-order valence-corrected chi connectivity index (χ4v) is 11.7. The number of para-hydroxylation sites is 1. The average Bonchev–Trinajstić information content (AvgIpc) is 3.70. The van der Waals surface area contributed by atoms with Gasteiger partial charge in [0.15, 0.2) is 7.14 Å². The van der Waals surface area contributed by atoms with Crippen molar-refractivity contribution in [2.45, 2.75) is 19.3 Å². The van der Waals surface area contributed by atoms with Crippen LogP contribution in [-0.2, 0) is 9.98 Å². The molecule has 1 unspecified atom stereocenters. The molecule has 3 heterocycles. The van der Waals surface area contributed by atoms with E-state index < -0.39 is 7.14 Å². The molecule has 0 saturated carbocycles. The molecule has 1 aliphatic carbocycles. The molecule has 3 nitrogen and oxygen atoms in total. The average molecular weight is 635 g/mol. The second-order valence-electron chi connectivity index (χ2n) is 13.5. The Kier molecular flexibility index (Phi) is 5.61. The molecule has 0 radical (unpaired) electrons. The van der Waals surface area contributed by atoms with Crippen LogP contribution in [0.1, 0.15) is 25.0 Å². The summed E-state index contributed by atoms with van der Waals surface area (Å²) in [6, 6.07) is 49.3. The smallest absolute Gasteiger partial charge is 0.172 e. The number of hydrogen-bond acceptors (Lipinski definition) is 2. The predicted molar refractivity (Wildman–Crippen MR) is 200 cm³/mol. The molecule has 2 aromatic heterocycles. The minimum Gasteiger partial charge on any atom is -0.309 e. The zero-order valence-corrected chi connectivity index (χ0v) is 27.6. The number of hydrogen-bond donors (Lipinski definition) is 0. The Bertz CT molecular complexity index is 2670. The van der Waals surface area contributed by atoms with Crippen molar-refractivity contribution in [1.29, 1.82) is 0 Å².